The van der Waals surface area contributed by atoms with Crippen molar-refractivity contribution in [3.05, 3.63) is 84.7 Å². The summed E-state index contributed by atoms with van der Waals surface area (Å²) in [7, 11) is 0. The molecule has 0 saturated heterocycles. The van der Waals surface area contributed by atoms with Gasteiger partial charge in [0.25, 0.3) is 0 Å². The number of pyridine rings is 1. The molecule has 3 heterocycles. The number of nitrogens with zero attached hydrogens (tertiary/aromatic N) is 3. The van der Waals surface area contributed by atoms with Gasteiger partial charge < -0.3 is 14.7 Å². The Morgan fingerprint density at radius 2 is 1.82 bits per heavy atom. The molecular weight excluding hydrogens is 350 g/mol. The van der Waals surface area contributed by atoms with Gasteiger partial charge in [-0.05, 0) is 35.9 Å². The maximum atomic E-state index is 5.80. The van der Waals surface area contributed by atoms with E-state index in [9.17, 15) is 0 Å². The Morgan fingerprint density at radius 3 is 2.68 bits per heavy atom. The third-order valence-electron chi connectivity index (χ3n) is 4.58. The smallest absolute Gasteiger partial charge is 0.316 e. The summed E-state index contributed by atoms with van der Waals surface area (Å²) in [6.07, 6.45) is 3.76. The predicted molar refractivity (Wildman–Crippen MR) is 109 cm³/mol. The summed E-state index contributed by atoms with van der Waals surface area (Å²) in [4.78, 5) is 7.74. The van der Waals surface area contributed by atoms with E-state index in [2.05, 4.69) is 25.5 Å². The Morgan fingerprint density at radius 1 is 0.929 bits per heavy atom. The SMILES string of the molecule is c1ccc(CNc2nnc(-c3ccc4[nH]cc(-c5ccccn5)c4c3)o2)cc1. The van der Waals surface area contributed by atoms with Crippen LogP contribution in [0.3, 0.4) is 0 Å². The normalized spacial score (nSPS) is 11.0. The number of hydrogen-bond acceptors (Lipinski definition) is 5. The summed E-state index contributed by atoms with van der Waals surface area (Å²) in [6.45, 7) is 0.628. The van der Waals surface area contributed by atoms with Crippen LogP contribution in [-0.2, 0) is 6.54 Å². The molecule has 0 aliphatic heterocycles. The average Bonchev–Trinajstić information content (AvgIpc) is 3.40. The summed E-state index contributed by atoms with van der Waals surface area (Å²) < 4.78 is 5.80. The number of aromatic amines is 1. The topological polar surface area (TPSA) is 79.6 Å². The number of benzene rings is 2. The van der Waals surface area contributed by atoms with Gasteiger partial charge in [0.1, 0.15) is 0 Å². The van der Waals surface area contributed by atoms with Crippen LogP contribution in [0.4, 0.5) is 6.01 Å². The third kappa shape index (κ3) is 3.12. The highest BCUT2D eigenvalue weighted by Gasteiger charge is 2.12. The van der Waals surface area contributed by atoms with Gasteiger partial charge in [-0.15, -0.1) is 5.10 Å². The van der Waals surface area contributed by atoms with Crippen LogP contribution in [0.15, 0.2) is 83.5 Å². The lowest BCUT2D eigenvalue weighted by Crippen LogP contribution is -1.98. The highest BCUT2D eigenvalue weighted by molar-refractivity contribution is 5.96. The van der Waals surface area contributed by atoms with E-state index in [0.29, 0.717) is 18.5 Å². The molecule has 0 saturated carbocycles. The van der Waals surface area contributed by atoms with Gasteiger partial charge in [-0.25, -0.2) is 0 Å². The molecule has 0 aliphatic carbocycles. The molecule has 6 heteroatoms. The van der Waals surface area contributed by atoms with Crippen LogP contribution in [0.1, 0.15) is 5.56 Å². The summed E-state index contributed by atoms with van der Waals surface area (Å²) in [6, 6.07) is 22.4. The van der Waals surface area contributed by atoms with Crippen molar-refractivity contribution in [2.24, 2.45) is 0 Å². The van der Waals surface area contributed by atoms with Crippen LogP contribution in [0.2, 0.25) is 0 Å². The molecule has 2 aromatic carbocycles. The Labute approximate surface area is 161 Å². The third-order valence-corrected chi connectivity index (χ3v) is 4.58. The summed E-state index contributed by atoms with van der Waals surface area (Å²) in [5.41, 5.74) is 5.01. The lowest BCUT2D eigenvalue weighted by molar-refractivity contribution is 0.581. The van der Waals surface area contributed by atoms with Gasteiger partial charge in [0.05, 0.1) is 5.69 Å². The largest absolute Gasteiger partial charge is 0.403 e. The minimum atomic E-state index is 0.401. The molecule has 28 heavy (non-hydrogen) atoms. The van der Waals surface area contributed by atoms with Crippen molar-refractivity contribution < 1.29 is 4.42 Å². The van der Waals surface area contributed by atoms with Crippen molar-refractivity contribution in [1.82, 2.24) is 20.2 Å². The van der Waals surface area contributed by atoms with Crippen LogP contribution >= 0.6 is 0 Å². The fourth-order valence-corrected chi connectivity index (χ4v) is 3.17. The molecule has 0 radical (unpaired) electrons. The Kier molecular flexibility index (Phi) is 4.06. The average molecular weight is 367 g/mol. The Hall–Kier alpha value is -3.93. The zero-order valence-corrected chi connectivity index (χ0v) is 15.0. The molecule has 0 bridgehead atoms. The number of hydrogen-bond donors (Lipinski definition) is 2. The minimum absolute atomic E-state index is 0.401. The summed E-state index contributed by atoms with van der Waals surface area (Å²) >= 11 is 0. The predicted octanol–water partition coefficient (Wildman–Crippen LogP) is 4.89. The van der Waals surface area contributed by atoms with Crippen LogP contribution < -0.4 is 5.32 Å². The van der Waals surface area contributed by atoms with Gasteiger partial charge in [0.15, 0.2) is 0 Å². The highest BCUT2D eigenvalue weighted by Crippen LogP contribution is 2.31. The lowest BCUT2D eigenvalue weighted by atomic mass is 10.1. The van der Waals surface area contributed by atoms with E-state index in [1.165, 1.54) is 0 Å². The summed E-state index contributed by atoms with van der Waals surface area (Å²) in [5.74, 6) is 0.477. The molecule has 0 atom stereocenters. The van der Waals surface area contributed by atoms with Crippen molar-refractivity contribution in [3.8, 4) is 22.7 Å². The van der Waals surface area contributed by atoms with Gasteiger partial charge in [-0.3, -0.25) is 4.98 Å². The number of aromatic nitrogens is 4. The fraction of sp³-hybridized carbons (Fsp3) is 0.0455. The van der Waals surface area contributed by atoms with Crippen LogP contribution in [0.25, 0.3) is 33.6 Å². The van der Waals surface area contributed by atoms with Crippen molar-refractivity contribution >= 4 is 16.9 Å². The molecule has 0 aliphatic rings. The first kappa shape index (κ1) is 16.3. The minimum Gasteiger partial charge on any atom is -0.403 e. The van der Waals surface area contributed by atoms with E-state index >= 15 is 0 Å². The van der Waals surface area contributed by atoms with Crippen LogP contribution in [-0.4, -0.2) is 20.2 Å². The molecule has 5 aromatic rings. The van der Waals surface area contributed by atoms with Gasteiger partial charge in [0, 0.05) is 41.0 Å². The van der Waals surface area contributed by atoms with Crippen LogP contribution in [0, 0.1) is 0 Å². The number of fused-ring (bicyclic) bond motifs is 1. The second kappa shape index (κ2) is 7.00. The summed E-state index contributed by atoms with van der Waals surface area (Å²) in [5, 5.41) is 12.5. The fourth-order valence-electron chi connectivity index (χ4n) is 3.17. The number of nitrogens with one attached hydrogen (secondary N) is 2. The monoisotopic (exact) mass is 367 g/mol. The molecule has 3 aromatic heterocycles. The van der Waals surface area contributed by atoms with E-state index in [1.807, 2.05) is 72.9 Å². The number of anilines is 1. The number of rotatable bonds is 5. The van der Waals surface area contributed by atoms with Crippen LogP contribution in [0.5, 0.6) is 0 Å². The van der Waals surface area contributed by atoms with Gasteiger partial charge in [-0.1, -0.05) is 41.5 Å². The van der Waals surface area contributed by atoms with E-state index in [1.54, 1.807) is 6.20 Å². The van der Waals surface area contributed by atoms with Crippen molar-refractivity contribution in [2.45, 2.75) is 6.54 Å². The van der Waals surface area contributed by atoms with E-state index in [-0.39, 0.29) is 0 Å². The molecule has 6 nitrogen and oxygen atoms in total. The maximum Gasteiger partial charge on any atom is 0.316 e. The molecule has 2 N–H and O–H groups in total. The standard InChI is InChI=1S/C22H17N5O/c1-2-6-15(7-3-1)13-25-22-27-26-21(28-22)16-9-10-20-17(12-16)18(14-24-20)19-8-4-5-11-23-19/h1-12,14,24H,13H2,(H,25,27). The number of H-pyrrole nitrogens is 1. The van der Waals surface area contributed by atoms with Crippen molar-refractivity contribution in [1.29, 1.82) is 0 Å². The second-order valence-electron chi connectivity index (χ2n) is 6.43. The first-order valence-electron chi connectivity index (χ1n) is 9.01. The first-order chi connectivity index (χ1) is 13.9. The van der Waals surface area contributed by atoms with Crippen molar-refractivity contribution in [2.75, 3.05) is 5.32 Å². The second-order valence-corrected chi connectivity index (χ2v) is 6.43. The van der Waals surface area contributed by atoms with Crippen molar-refractivity contribution in [3.63, 3.8) is 0 Å². The van der Waals surface area contributed by atoms with Gasteiger partial charge in [-0.2, -0.15) is 0 Å². The van der Waals surface area contributed by atoms with Gasteiger partial charge in [0.2, 0.25) is 5.89 Å². The zero-order chi connectivity index (χ0) is 18.8. The Balaban J connectivity index is 1.43. The molecular formula is C22H17N5O. The van der Waals surface area contributed by atoms with E-state index < -0.39 is 0 Å². The first-order valence-corrected chi connectivity index (χ1v) is 9.01. The zero-order valence-electron chi connectivity index (χ0n) is 15.0. The molecule has 0 spiro atoms. The lowest BCUT2D eigenvalue weighted by Gasteiger charge is -2.01. The molecule has 0 fully saturated rings. The van der Waals surface area contributed by atoms with E-state index in [4.69, 9.17) is 4.42 Å². The van der Waals surface area contributed by atoms with Gasteiger partial charge >= 0.3 is 6.01 Å². The maximum absolute atomic E-state index is 5.80. The quantitative estimate of drug-likeness (QED) is 0.462. The molecule has 0 unspecified atom stereocenters. The molecule has 136 valence electrons. The Bertz CT molecular complexity index is 1210. The van der Waals surface area contributed by atoms with E-state index in [0.717, 1.165) is 33.3 Å². The highest BCUT2D eigenvalue weighted by atomic mass is 16.4. The molecule has 0 amide bonds. The molecule has 5 rings (SSSR count).